The minimum Gasteiger partial charge on any atom is -0.458 e. The van der Waals surface area contributed by atoms with Gasteiger partial charge in [0, 0.05) is 18.7 Å². The van der Waals surface area contributed by atoms with Crippen LogP contribution in [0, 0.1) is 5.92 Å². The zero-order chi connectivity index (χ0) is 26.1. The molecule has 0 radical (unpaired) electrons. The number of hydrogen-bond donors (Lipinski definition) is 2. The summed E-state index contributed by atoms with van der Waals surface area (Å²) >= 11 is 0. The van der Waals surface area contributed by atoms with Crippen molar-refractivity contribution in [2.75, 3.05) is 6.54 Å². The number of sulfonamides is 1. The van der Waals surface area contributed by atoms with Gasteiger partial charge in [0.15, 0.2) is 0 Å². The number of carbonyl (C=O) groups is 3. The van der Waals surface area contributed by atoms with Gasteiger partial charge in [0.25, 0.3) is 15.9 Å². The van der Waals surface area contributed by atoms with Gasteiger partial charge in [-0.25, -0.2) is 22.9 Å². The highest BCUT2D eigenvalue weighted by atomic mass is 32.2. The van der Waals surface area contributed by atoms with Crippen molar-refractivity contribution in [2.24, 2.45) is 5.92 Å². The smallest absolute Gasteiger partial charge is 0.357 e. The van der Waals surface area contributed by atoms with Crippen molar-refractivity contribution in [3.63, 3.8) is 0 Å². The summed E-state index contributed by atoms with van der Waals surface area (Å²) in [6.45, 7) is 4.12. The van der Waals surface area contributed by atoms with Gasteiger partial charge in [-0.3, -0.25) is 9.59 Å². The number of nitrogens with zero attached hydrogens (tertiary/aromatic N) is 1. The molecule has 0 spiro atoms. The lowest BCUT2D eigenvalue weighted by Crippen LogP contribution is -2.33. The zero-order valence-corrected chi connectivity index (χ0v) is 21.5. The molecule has 194 valence electrons. The Labute approximate surface area is 212 Å². The van der Waals surface area contributed by atoms with Crippen LogP contribution in [-0.2, 0) is 26.0 Å². The first-order chi connectivity index (χ1) is 17.2. The van der Waals surface area contributed by atoms with E-state index < -0.39 is 21.9 Å². The lowest BCUT2D eigenvalue weighted by Gasteiger charge is -2.20. The van der Waals surface area contributed by atoms with E-state index in [1.807, 2.05) is 11.6 Å². The number of nitrogens with one attached hydrogen (secondary N) is 2. The van der Waals surface area contributed by atoms with Crippen molar-refractivity contribution in [2.45, 2.75) is 69.8 Å². The van der Waals surface area contributed by atoms with Crippen LogP contribution < -0.4 is 10.0 Å². The molecule has 3 rings (SSSR count). The van der Waals surface area contributed by atoms with Crippen molar-refractivity contribution in [1.82, 2.24) is 15.0 Å². The van der Waals surface area contributed by atoms with Crippen molar-refractivity contribution in [1.29, 1.82) is 0 Å². The van der Waals surface area contributed by atoms with Crippen LogP contribution in [-0.4, -0.2) is 43.8 Å². The second kappa shape index (κ2) is 12.6. The van der Waals surface area contributed by atoms with Gasteiger partial charge in [0.05, 0.1) is 16.6 Å². The predicted octanol–water partition coefficient (Wildman–Crippen LogP) is 3.39. The van der Waals surface area contributed by atoms with Crippen LogP contribution >= 0.6 is 0 Å². The maximum atomic E-state index is 12.7. The Morgan fingerprint density at radius 2 is 1.75 bits per heavy atom. The number of amides is 2. The first kappa shape index (κ1) is 27.3. The first-order valence-corrected chi connectivity index (χ1v) is 13.8. The normalized spacial score (nSPS) is 15.1. The number of hydrogen-bond acceptors (Lipinski definition) is 7. The maximum Gasteiger partial charge on any atom is 0.357 e. The lowest BCUT2D eigenvalue weighted by molar-refractivity contribution is -0.125. The molecule has 36 heavy (non-hydrogen) atoms. The molecule has 1 saturated carbocycles. The second-order valence-corrected chi connectivity index (χ2v) is 10.7. The molecule has 0 unspecified atom stereocenters. The molecule has 1 aromatic heterocycles. The van der Waals surface area contributed by atoms with Crippen molar-refractivity contribution >= 4 is 27.8 Å². The highest BCUT2D eigenvalue weighted by molar-refractivity contribution is 7.90. The number of aromatic nitrogens is 1. The van der Waals surface area contributed by atoms with Gasteiger partial charge in [-0.15, -0.1) is 0 Å². The van der Waals surface area contributed by atoms with Crippen LogP contribution in [0.25, 0.3) is 0 Å². The first-order valence-electron chi connectivity index (χ1n) is 12.3. The summed E-state index contributed by atoms with van der Waals surface area (Å²) < 4.78 is 32.5. The van der Waals surface area contributed by atoms with E-state index in [0.717, 1.165) is 37.4 Å². The summed E-state index contributed by atoms with van der Waals surface area (Å²) in [4.78, 5) is 40.6. The summed E-state index contributed by atoms with van der Waals surface area (Å²) in [7, 11) is -4.11. The molecule has 0 aliphatic heterocycles. The second-order valence-electron chi connectivity index (χ2n) is 9.01. The Morgan fingerprint density at radius 1 is 1.06 bits per heavy atom. The Balaban J connectivity index is 1.52. The summed E-state index contributed by atoms with van der Waals surface area (Å²) in [6.07, 6.45) is 7.35. The molecule has 10 heteroatoms. The molecule has 0 bridgehead atoms. The summed E-state index contributed by atoms with van der Waals surface area (Å²) in [5, 5.41) is 2.96. The van der Waals surface area contributed by atoms with Gasteiger partial charge < -0.3 is 10.1 Å². The fourth-order valence-electron chi connectivity index (χ4n) is 3.89. The van der Waals surface area contributed by atoms with Crippen LogP contribution in [0.4, 0.5) is 0 Å². The maximum absolute atomic E-state index is 12.7. The van der Waals surface area contributed by atoms with Crippen LogP contribution in [0.1, 0.15) is 78.8 Å². The molecule has 2 amide bonds. The standard InChI is InChI=1S/C26H33N3O6S/c1-3-18(2)35-26(32)23-14-11-21(17-28-23)25(31)29-36(33,34)22-12-9-19(10-13-22)15-16-27-24(30)20-7-5-4-6-8-20/h9-14,17-18,20H,3-8,15-16H2,1-2H3,(H,27,30)(H,29,31)/t18-/m0/s1. The van der Waals surface area contributed by atoms with E-state index in [4.69, 9.17) is 4.74 Å². The van der Waals surface area contributed by atoms with E-state index in [2.05, 4.69) is 10.3 Å². The molecule has 1 atom stereocenters. The molecule has 0 saturated heterocycles. The van der Waals surface area contributed by atoms with Crippen molar-refractivity contribution < 1.29 is 27.5 Å². The van der Waals surface area contributed by atoms with Crippen molar-refractivity contribution in [3.05, 3.63) is 59.4 Å². The average molecular weight is 516 g/mol. The summed E-state index contributed by atoms with van der Waals surface area (Å²) in [5.74, 6) is -1.29. The van der Waals surface area contributed by atoms with Gasteiger partial charge >= 0.3 is 5.97 Å². The molecule has 2 N–H and O–H groups in total. The Morgan fingerprint density at radius 3 is 2.36 bits per heavy atom. The largest absolute Gasteiger partial charge is 0.458 e. The van der Waals surface area contributed by atoms with Crippen molar-refractivity contribution in [3.8, 4) is 0 Å². The van der Waals surface area contributed by atoms with E-state index in [-0.39, 0.29) is 34.1 Å². The van der Waals surface area contributed by atoms with Gasteiger partial charge in [-0.2, -0.15) is 0 Å². The highest BCUT2D eigenvalue weighted by Crippen LogP contribution is 2.23. The SMILES string of the molecule is CC[C@H](C)OC(=O)c1ccc(C(=O)NS(=O)(=O)c2ccc(CCNC(=O)C3CCCCC3)cc2)cn1. The molecule has 1 aliphatic rings. The van der Waals surface area contributed by atoms with Crippen LogP contribution in [0.15, 0.2) is 47.5 Å². The fraction of sp³-hybridized carbons (Fsp3) is 0.462. The number of pyridine rings is 1. The molecule has 1 aliphatic carbocycles. The number of ether oxygens (including phenoxy) is 1. The number of rotatable bonds is 10. The molecular weight excluding hydrogens is 482 g/mol. The third-order valence-electron chi connectivity index (χ3n) is 6.27. The number of benzene rings is 1. The summed E-state index contributed by atoms with van der Waals surface area (Å²) in [6, 6.07) is 8.78. The Kier molecular flexibility index (Phi) is 9.58. The van der Waals surface area contributed by atoms with Gasteiger partial charge in [-0.1, -0.05) is 38.3 Å². The molecule has 1 heterocycles. The Hall–Kier alpha value is -3.27. The summed E-state index contributed by atoms with van der Waals surface area (Å²) in [5.41, 5.74) is 0.887. The topological polar surface area (TPSA) is 132 Å². The highest BCUT2D eigenvalue weighted by Gasteiger charge is 2.21. The van der Waals surface area contributed by atoms with Crippen LogP contribution in [0.3, 0.4) is 0 Å². The van der Waals surface area contributed by atoms with Gasteiger partial charge in [0.1, 0.15) is 5.69 Å². The third-order valence-corrected chi connectivity index (χ3v) is 7.61. The molecule has 1 aromatic carbocycles. The average Bonchev–Trinajstić information content (AvgIpc) is 2.89. The van der Waals surface area contributed by atoms with Crippen LogP contribution in [0.2, 0.25) is 0 Å². The monoisotopic (exact) mass is 515 g/mol. The third kappa shape index (κ3) is 7.61. The quantitative estimate of drug-likeness (QED) is 0.464. The molecular formula is C26H33N3O6S. The minimum atomic E-state index is -4.11. The lowest BCUT2D eigenvalue weighted by atomic mass is 9.88. The molecule has 9 nitrogen and oxygen atoms in total. The van der Waals surface area contributed by atoms with Gasteiger partial charge in [0.2, 0.25) is 5.91 Å². The number of carbonyl (C=O) groups excluding carboxylic acids is 3. The zero-order valence-electron chi connectivity index (χ0n) is 20.7. The van der Waals surface area contributed by atoms with Gasteiger partial charge in [-0.05, 0) is 62.4 Å². The van der Waals surface area contributed by atoms with E-state index in [1.165, 1.54) is 30.7 Å². The van der Waals surface area contributed by atoms with E-state index in [0.29, 0.717) is 19.4 Å². The minimum absolute atomic E-state index is 0.0102. The Bertz CT molecular complexity index is 1160. The molecule has 1 fully saturated rings. The molecule has 2 aromatic rings. The van der Waals surface area contributed by atoms with E-state index in [1.54, 1.807) is 19.1 Å². The predicted molar refractivity (Wildman–Crippen MR) is 134 cm³/mol. The number of esters is 1. The van der Waals surface area contributed by atoms with E-state index in [9.17, 15) is 22.8 Å². The fourth-order valence-corrected chi connectivity index (χ4v) is 4.86. The van der Waals surface area contributed by atoms with E-state index >= 15 is 0 Å². The van der Waals surface area contributed by atoms with Crippen LogP contribution in [0.5, 0.6) is 0 Å².